The zero-order valence-corrected chi connectivity index (χ0v) is 21.3. The topological polar surface area (TPSA) is 25.4 Å². The van der Waals surface area contributed by atoms with Crippen molar-refractivity contribution in [3.05, 3.63) is 132 Å². The van der Waals surface area contributed by atoms with Crippen molar-refractivity contribution in [1.82, 2.24) is 4.98 Å². The number of aromatic nitrogens is 1. The standard InChI is InChI=1S/C35H26N2O/c1-23-14-18-25(19-15-23)28-22-29(26-20-16-24(2)17-21-26)36-35-27(28)8-7-11-32(35)37-30-9-3-5-12-33(30)38-34-13-6-4-10-31(34)37/h3-22H,1-2H3. The van der Waals surface area contributed by atoms with E-state index < -0.39 is 0 Å². The van der Waals surface area contributed by atoms with E-state index in [1.807, 2.05) is 24.3 Å². The van der Waals surface area contributed by atoms with E-state index in [2.05, 4.69) is 116 Å². The maximum Gasteiger partial charge on any atom is 0.151 e. The third-order valence-electron chi connectivity index (χ3n) is 7.20. The molecule has 0 bridgehead atoms. The molecule has 0 N–H and O–H groups in total. The maximum absolute atomic E-state index is 6.29. The Bertz CT molecular complexity index is 1760. The van der Waals surface area contributed by atoms with Gasteiger partial charge in [-0.3, -0.25) is 0 Å². The van der Waals surface area contributed by atoms with Crippen molar-refractivity contribution < 1.29 is 4.74 Å². The fourth-order valence-electron chi connectivity index (χ4n) is 5.22. The number of hydrogen-bond acceptors (Lipinski definition) is 3. The average Bonchev–Trinajstić information content (AvgIpc) is 2.96. The molecule has 3 heteroatoms. The smallest absolute Gasteiger partial charge is 0.151 e. The zero-order valence-electron chi connectivity index (χ0n) is 21.3. The Morgan fingerprint density at radius 3 is 1.74 bits per heavy atom. The molecule has 0 unspecified atom stereocenters. The van der Waals surface area contributed by atoms with Gasteiger partial charge in [-0.05, 0) is 61.4 Å². The molecule has 38 heavy (non-hydrogen) atoms. The van der Waals surface area contributed by atoms with Gasteiger partial charge in [0.15, 0.2) is 11.5 Å². The van der Waals surface area contributed by atoms with Crippen molar-refractivity contribution in [2.45, 2.75) is 13.8 Å². The van der Waals surface area contributed by atoms with Gasteiger partial charge in [-0.1, -0.05) is 96.1 Å². The lowest BCUT2D eigenvalue weighted by molar-refractivity contribution is 0.477. The number of para-hydroxylation sites is 5. The summed E-state index contributed by atoms with van der Waals surface area (Å²) in [6, 6.07) is 42.4. The minimum absolute atomic E-state index is 0.830. The summed E-state index contributed by atoms with van der Waals surface area (Å²) in [6.45, 7) is 4.23. The molecule has 7 rings (SSSR count). The van der Waals surface area contributed by atoms with Crippen LogP contribution in [0.3, 0.4) is 0 Å². The van der Waals surface area contributed by atoms with Crippen LogP contribution < -0.4 is 9.64 Å². The number of rotatable bonds is 3. The normalized spacial score (nSPS) is 12.1. The summed E-state index contributed by atoms with van der Waals surface area (Å²) in [7, 11) is 0. The summed E-state index contributed by atoms with van der Waals surface area (Å²) in [5.74, 6) is 1.66. The fraction of sp³-hybridized carbons (Fsp3) is 0.0571. The number of pyridine rings is 1. The molecule has 1 aliphatic rings. The van der Waals surface area contributed by atoms with Gasteiger partial charge in [0.25, 0.3) is 0 Å². The number of anilines is 3. The van der Waals surface area contributed by atoms with Gasteiger partial charge in [-0.15, -0.1) is 0 Å². The molecule has 0 saturated heterocycles. The second-order valence-corrected chi connectivity index (χ2v) is 9.83. The summed E-state index contributed by atoms with van der Waals surface area (Å²) in [4.78, 5) is 7.60. The van der Waals surface area contributed by atoms with Crippen LogP contribution in [0.25, 0.3) is 33.3 Å². The van der Waals surface area contributed by atoms with Crippen LogP contribution in [0.4, 0.5) is 17.1 Å². The minimum Gasteiger partial charge on any atom is -0.453 e. The first-order valence-corrected chi connectivity index (χ1v) is 12.9. The monoisotopic (exact) mass is 490 g/mol. The Balaban J connectivity index is 1.54. The van der Waals surface area contributed by atoms with Crippen molar-refractivity contribution in [2.24, 2.45) is 0 Å². The molecule has 0 spiro atoms. The Labute approximate surface area is 222 Å². The number of aryl methyl sites for hydroxylation is 2. The molecule has 0 amide bonds. The van der Waals surface area contributed by atoms with E-state index in [1.54, 1.807) is 0 Å². The number of fused-ring (bicyclic) bond motifs is 3. The van der Waals surface area contributed by atoms with Crippen LogP contribution in [0.2, 0.25) is 0 Å². The molecule has 5 aromatic carbocycles. The summed E-state index contributed by atoms with van der Waals surface area (Å²) in [6.07, 6.45) is 0. The lowest BCUT2D eigenvalue weighted by Gasteiger charge is -2.33. The van der Waals surface area contributed by atoms with Gasteiger partial charge in [-0.2, -0.15) is 0 Å². The lowest BCUT2D eigenvalue weighted by atomic mass is 9.96. The number of hydrogen-bond donors (Lipinski definition) is 0. The zero-order chi connectivity index (χ0) is 25.6. The van der Waals surface area contributed by atoms with Crippen molar-refractivity contribution in [3.8, 4) is 33.9 Å². The second-order valence-electron chi connectivity index (χ2n) is 9.83. The van der Waals surface area contributed by atoms with Crippen LogP contribution >= 0.6 is 0 Å². The van der Waals surface area contributed by atoms with Gasteiger partial charge in [-0.25, -0.2) is 4.98 Å². The third kappa shape index (κ3) is 3.72. The summed E-state index contributed by atoms with van der Waals surface area (Å²) < 4.78 is 6.29. The molecule has 1 aliphatic heterocycles. The van der Waals surface area contributed by atoms with Crippen LogP contribution in [0, 0.1) is 13.8 Å². The predicted molar refractivity (Wildman–Crippen MR) is 157 cm³/mol. The van der Waals surface area contributed by atoms with Gasteiger partial charge in [0.05, 0.1) is 28.3 Å². The third-order valence-corrected chi connectivity index (χ3v) is 7.20. The van der Waals surface area contributed by atoms with Crippen LogP contribution in [0.1, 0.15) is 11.1 Å². The van der Waals surface area contributed by atoms with Crippen LogP contribution in [0.15, 0.2) is 121 Å². The van der Waals surface area contributed by atoms with Gasteiger partial charge < -0.3 is 9.64 Å². The predicted octanol–water partition coefficient (Wildman–Crippen LogP) is 9.76. The van der Waals surface area contributed by atoms with E-state index in [0.717, 1.165) is 50.7 Å². The first-order valence-electron chi connectivity index (χ1n) is 12.9. The molecule has 0 aliphatic carbocycles. The molecular formula is C35H26N2O. The van der Waals surface area contributed by atoms with Crippen molar-refractivity contribution in [3.63, 3.8) is 0 Å². The lowest BCUT2D eigenvalue weighted by Crippen LogP contribution is -2.16. The van der Waals surface area contributed by atoms with E-state index in [9.17, 15) is 0 Å². The second kappa shape index (κ2) is 8.89. The maximum atomic E-state index is 6.29. The van der Waals surface area contributed by atoms with Crippen molar-refractivity contribution >= 4 is 28.0 Å². The van der Waals surface area contributed by atoms with Crippen molar-refractivity contribution in [2.75, 3.05) is 4.90 Å². The highest BCUT2D eigenvalue weighted by Crippen LogP contribution is 2.51. The summed E-state index contributed by atoms with van der Waals surface area (Å²) in [5, 5.41) is 1.11. The Kier molecular flexibility index (Phi) is 5.22. The highest BCUT2D eigenvalue weighted by atomic mass is 16.5. The Morgan fingerprint density at radius 1 is 0.553 bits per heavy atom. The molecule has 0 radical (unpaired) electrons. The molecule has 0 fully saturated rings. The van der Waals surface area contributed by atoms with E-state index in [1.165, 1.54) is 22.3 Å². The molecule has 182 valence electrons. The van der Waals surface area contributed by atoms with Gasteiger partial charge >= 0.3 is 0 Å². The summed E-state index contributed by atoms with van der Waals surface area (Å²) >= 11 is 0. The Hall–Kier alpha value is -4.89. The number of ether oxygens (including phenoxy) is 1. The van der Waals surface area contributed by atoms with E-state index >= 15 is 0 Å². The highest BCUT2D eigenvalue weighted by molar-refractivity contribution is 6.05. The quantitative estimate of drug-likeness (QED) is 0.246. The minimum atomic E-state index is 0.830. The van der Waals surface area contributed by atoms with Crippen LogP contribution in [-0.4, -0.2) is 4.98 Å². The number of nitrogens with zero attached hydrogens (tertiary/aromatic N) is 2. The fourth-order valence-corrected chi connectivity index (χ4v) is 5.22. The molecular weight excluding hydrogens is 464 g/mol. The van der Waals surface area contributed by atoms with Gasteiger partial charge in [0.1, 0.15) is 0 Å². The number of benzene rings is 5. The molecule has 2 heterocycles. The molecule has 0 atom stereocenters. The van der Waals surface area contributed by atoms with Crippen LogP contribution in [0.5, 0.6) is 11.5 Å². The largest absolute Gasteiger partial charge is 0.453 e. The van der Waals surface area contributed by atoms with Gasteiger partial charge in [0, 0.05) is 10.9 Å². The highest BCUT2D eigenvalue weighted by Gasteiger charge is 2.27. The van der Waals surface area contributed by atoms with Crippen LogP contribution in [-0.2, 0) is 0 Å². The van der Waals surface area contributed by atoms with E-state index in [-0.39, 0.29) is 0 Å². The SMILES string of the molecule is Cc1ccc(-c2cc(-c3ccc(C)cc3)c3cccc(N4c5ccccc5Oc5ccccc54)c3n2)cc1. The summed E-state index contributed by atoms with van der Waals surface area (Å²) in [5.41, 5.74) is 10.8. The first-order chi connectivity index (χ1) is 18.7. The Morgan fingerprint density at radius 2 is 1.11 bits per heavy atom. The molecule has 6 aromatic rings. The molecule has 1 aromatic heterocycles. The first kappa shape index (κ1) is 22.3. The van der Waals surface area contributed by atoms with Crippen molar-refractivity contribution in [1.29, 1.82) is 0 Å². The van der Waals surface area contributed by atoms with E-state index in [0.29, 0.717) is 0 Å². The molecule has 0 saturated carbocycles. The average molecular weight is 491 g/mol. The van der Waals surface area contributed by atoms with Gasteiger partial charge in [0.2, 0.25) is 0 Å². The van der Waals surface area contributed by atoms with E-state index in [4.69, 9.17) is 9.72 Å². The molecule has 3 nitrogen and oxygen atoms in total.